The lowest BCUT2D eigenvalue weighted by Gasteiger charge is -2.36. The lowest BCUT2D eigenvalue weighted by atomic mass is 10.0. The topological polar surface area (TPSA) is 46.4 Å². The van der Waals surface area contributed by atoms with E-state index in [1.54, 1.807) is 14.2 Å². The number of fused-ring (bicyclic) bond motifs is 1. The van der Waals surface area contributed by atoms with E-state index in [9.17, 15) is 4.79 Å². The largest absolute Gasteiger partial charge is 0.497 e. The van der Waals surface area contributed by atoms with Crippen LogP contribution in [0.3, 0.4) is 0 Å². The number of hydrogen-bond donors (Lipinski definition) is 0. The van der Waals surface area contributed by atoms with Gasteiger partial charge in [0.25, 0.3) is 5.91 Å². The van der Waals surface area contributed by atoms with Crippen LogP contribution in [0, 0.1) is 0 Å². The third kappa shape index (κ3) is 4.00. The van der Waals surface area contributed by atoms with Crippen molar-refractivity contribution in [1.82, 2.24) is 9.30 Å². The molecule has 4 aromatic rings. The zero-order valence-corrected chi connectivity index (χ0v) is 18.9. The number of carbonyl (C=O) groups is 1. The zero-order chi connectivity index (χ0) is 22.8. The van der Waals surface area contributed by atoms with Gasteiger partial charge in [0, 0.05) is 68.0 Å². The molecule has 6 heteroatoms. The van der Waals surface area contributed by atoms with Crippen molar-refractivity contribution in [3.63, 3.8) is 0 Å². The predicted octanol–water partition coefficient (Wildman–Crippen LogP) is 4.59. The lowest BCUT2D eigenvalue weighted by molar-refractivity contribution is 0.0749. The molecule has 3 heterocycles. The average Bonchev–Trinajstić information content (AvgIpc) is 3.28. The minimum atomic E-state index is 0.0745. The number of benzene rings is 2. The Morgan fingerprint density at radius 3 is 2.15 bits per heavy atom. The summed E-state index contributed by atoms with van der Waals surface area (Å²) in [5.74, 6) is 1.59. The molecule has 0 saturated carbocycles. The van der Waals surface area contributed by atoms with Crippen molar-refractivity contribution >= 4 is 17.1 Å². The highest BCUT2D eigenvalue weighted by Crippen LogP contribution is 2.32. The van der Waals surface area contributed by atoms with Gasteiger partial charge in [-0.25, -0.2) is 0 Å². The first-order chi connectivity index (χ1) is 16.2. The Hall–Kier alpha value is -3.93. The molecule has 168 valence electrons. The fraction of sp³-hybridized carbons (Fsp3) is 0.222. The van der Waals surface area contributed by atoms with Gasteiger partial charge in [-0.1, -0.05) is 36.4 Å². The van der Waals surface area contributed by atoms with Crippen LogP contribution in [0.15, 0.2) is 79.1 Å². The molecule has 0 bridgehead atoms. The molecule has 1 fully saturated rings. The molecule has 2 aromatic carbocycles. The number of pyridine rings is 1. The number of rotatable bonds is 5. The summed E-state index contributed by atoms with van der Waals surface area (Å²) in [5, 5.41) is 0. The third-order valence-electron chi connectivity index (χ3n) is 6.25. The number of methoxy groups -OCH3 is 2. The van der Waals surface area contributed by atoms with E-state index in [1.807, 2.05) is 70.1 Å². The molecule has 0 atom stereocenters. The van der Waals surface area contributed by atoms with Crippen LogP contribution in [0.5, 0.6) is 11.5 Å². The van der Waals surface area contributed by atoms with Crippen LogP contribution in [0.1, 0.15) is 10.4 Å². The quantitative estimate of drug-likeness (QED) is 0.455. The second-order valence-electron chi connectivity index (χ2n) is 8.13. The molecular weight excluding hydrogens is 414 g/mol. The first-order valence-electron chi connectivity index (χ1n) is 11.1. The fourth-order valence-corrected chi connectivity index (χ4v) is 4.48. The van der Waals surface area contributed by atoms with Crippen LogP contribution in [-0.2, 0) is 0 Å². The third-order valence-corrected chi connectivity index (χ3v) is 6.25. The number of hydrogen-bond acceptors (Lipinski definition) is 4. The normalized spacial score (nSPS) is 13.9. The second-order valence-corrected chi connectivity index (χ2v) is 8.13. The van der Waals surface area contributed by atoms with E-state index in [0.717, 1.165) is 52.5 Å². The minimum absolute atomic E-state index is 0.0745. The summed E-state index contributed by atoms with van der Waals surface area (Å²) < 4.78 is 12.9. The van der Waals surface area contributed by atoms with Gasteiger partial charge in [0.05, 0.1) is 25.3 Å². The van der Waals surface area contributed by atoms with Crippen LogP contribution >= 0.6 is 0 Å². The van der Waals surface area contributed by atoms with E-state index in [4.69, 9.17) is 9.47 Å². The number of anilines is 1. The number of carbonyl (C=O) groups excluding carboxylic acids is 1. The zero-order valence-electron chi connectivity index (χ0n) is 18.9. The Balaban J connectivity index is 1.41. The van der Waals surface area contributed by atoms with Gasteiger partial charge in [0.2, 0.25) is 0 Å². The summed E-state index contributed by atoms with van der Waals surface area (Å²) in [6.07, 6.45) is 4.04. The molecule has 33 heavy (non-hydrogen) atoms. The number of ether oxygens (including phenoxy) is 2. The highest BCUT2D eigenvalue weighted by atomic mass is 16.5. The molecule has 0 unspecified atom stereocenters. The van der Waals surface area contributed by atoms with Crippen molar-refractivity contribution in [1.29, 1.82) is 0 Å². The van der Waals surface area contributed by atoms with E-state index in [1.165, 1.54) is 0 Å². The summed E-state index contributed by atoms with van der Waals surface area (Å²) in [5.41, 5.74) is 4.75. The summed E-state index contributed by atoms with van der Waals surface area (Å²) in [6, 6.07) is 22.0. The highest BCUT2D eigenvalue weighted by molar-refractivity contribution is 6.07. The van der Waals surface area contributed by atoms with Crippen molar-refractivity contribution in [2.75, 3.05) is 45.3 Å². The van der Waals surface area contributed by atoms with E-state index in [-0.39, 0.29) is 5.91 Å². The van der Waals surface area contributed by atoms with Gasteiger partial charge >= 0.3 is 0 Å². The summed E-state index contributed by atoms with van der Waals surface area (Å²) in [4.78, 5) is 18.0. The first-order valence-corrected chi connectivity index (χ1v) is 11.1. The minimum Gasteiger partial charge on any atom is -0.497 e. The number of piperazine rings is 1. The van der Waals surface area contributed by atoms with E-state index < -0.39 is 0 Å². The van der Waals surface area contributed by atoms with Gasteiger partial charge in [-0.15, -0.1) is 0 Å². The molecule has 1 saturated heterocycles. The summed E-state index contributed by atoms with van der Waals surface area (Å²) in [7, 11) is 3.31. The maximum atomic E-state index is 13.8. The Bertz CT molecular complexity index is 1250. The second kappa shape index (κ2) is 8.90. The van der Waals surface area contributed by atoms with Gasteiger partial charge in [0.15, 0.2) is 0 Å². The highest BCUT2D eigenvalue weighted by Gasteiger charge is 2.27. The SMILES string of the molecule is COc1cc(OC)cc(N2CCN(C(=O)c3c(-c4ccccc4)cn4ccccc34)CC2)c1. The summed E-state index contributed by atoms with van der Waals surface area (Å²) in [6.45, 7) is 2.79. The molecule has 0 spiro atoms. The lowest BCUT2D eigenvalue weighted by Crippen LogP contribution is -2.48. The molecule has 5 rings (SSSR count). The molecular formula is C27H27N3O3. The van der Waals surface area contributed by atoms with E-state index >= 15 is 0 Å². The first kappa shape index (κ1) is 20.9. The molecule has 1 amide bonds. The maximum absolute atomic E-state index is 13.8. The molecule has 0 aliphatic carbocycles. The van der Waals surface area contributed by atoms with Crippen molar-refractivity contribution in [3.8, 4) is 22.6 Å². The van der Waals surface area contributed by atoms with Crippen molar-refractivity contribution in [3.05, 3.63) is 84.7 Å². The van der Waals surface area contributed by atoms with Gasteiger partial charge in [-0.05, 0) is 17.7 Å². The van der Waals surface area contributed by atoms with Crippen LogP contribution in [0.4, 0.5) is 5.69 Å². The maximum Gasteiger partial charge on any atom is 0.256 e. The average molecular weight is 442 g/mol. The Kier molecular flexibility index (Phi) is 5.65. The van der Waals surface area contributed by atoms with Crippen molar-refractivity contribution < 1.29 is 14.3 Å². The molecule has 1 aliphatic rings. The summed E-state index contributed by atoms with van der Waals surface area (Å²) >= 11 is 0. The number of nitrogens with zero attached hydrogens (tertiary/aromatic N) is 3. The Morgan fingerprint density at radius 1 is 0.818 bits per heavy atom. The van der Waals surface area contributed by atoms with Crippen LogP contribution in [-0.4, -0.2) is 55.6 Å². The van der Waals surface area contributed by atoms with Gasteiger partial charge in [-0.2, -0.15) is 0 Å². The Morgan fingerprint density at radius 2 is 1.48 bits per heavy atom. The smallest absolute Gasteiger partial charge is 0.256 e. The van der Waals surface area contributed by atoms with Crippen LogP contribution in [0.25, 0.3) is 16.6 Å². The van der Waals surface area contributed by atoms with Crippen molar-refractivity contribution in [2.24, 2.45) is 0 Å². The molecule has 6 nitrogen and oxygen atoms in total. The fourth-order valence-electron chi connectivity index (χ4n) is 4.48. The van der Waals surface area contributed by atoms with Gasteiger partial charge in [0.1, 0.15) is 11.5 Å². The number of aromatic nitrogens is 1. The van der Waals surface area contributed by atoms with Crippen LogP contribution < -0.4 is 14.4 Å². The van der Waals surface area contributed by atoms with Gasteiger partial charge < -0.3 is 23.7 Å². The van der Waals surface area contributed by atoms with Crippen molar-refractivity contribution in [2.45, 2.75) is 0 Å². The Labute approximate surface area is 193 Å². The standard InChI is InChI=1S/C27H27N3O3/c1-32-22-16-21(17-23(18-22)33-2)28-12-14-29(15-13-28)27(31)26-24(20-8-4-3-5-9-20)19-30-11-7-6-10-25(26)30/h3-11,16-19H,12-15H2,1-2H3. The monoisotopic (exact) mass is 441 g/mol. The molecule has 2 aromatic heterocycles. The van der Waals surface area contributed by atoms with Crippen LogP contribution in [0.2, 0.25) is 0 Å². The predicted molar refractivity (Wildman–Crippen MR) is 130 cm³/mol. The van der Waals surface area contributed by atoms with Gasteiger partial charge in [-0.3, -0.25) is 4.79 Å². The number of amides is 1. The van der Waals surface area contributed by atoms with E-state index in [2.05, 4.69) is 23.2 Å². The molecule has 1 aliphatic heterocycles. The molecule has 0 radical (unpaired) electrons. The van der Waals surface area contributed by atoms with E-state index in [0.29, 0.717) is 13.1 Å². The molecule has 0 N–H and O–H groups in total.